The Hall–Kier alpha value is -2.49. The Morgan fingerprint density at radius 1 is 1.15 bits per heavy atom. The Morgan fingerprint density at radius 3 is 2.55 bits per heavy atom. The van der Waals surface area contributed by atoms with E-state index in [0.29, 0.717) is 18.0 Å². The van der Waals surface area contributed by atoms with Gasteiger partial charge in [0.25, 0.3) is 5.91 Å². The fourth-order valence-electron chi connectivity index (χ4n) is 1.71. The molecule has 20 heavy (non-hydrogen) atoms. The molecule has 0 unspecified atom stereocenters. The molecule has 2 rings (SSSR count). The van der Waals surface area contributed by atoms with Crippen LogP contribution in [0.15, 0.2) is 48.5 Å². The number of amides is 1. The van der Waals surface area contributed by atoms with Crippen molar-refractivity contribution in [3.63, 3.8) is 0 Å². The molecular weight excluding hydrogens is 252 g/mol. The van der Waals surface area contributed by atoms with Crippen molar-refractivity contribution in [2.45, 2.75) is 13.5 Å². The third kappa shape index (κ3) is 4.02. The van der Waals surface area contributed by atoms with E-state index in [2.05, 4.69) is 5.32 Å². The first-order valence-corrected chi connectivity index (χ1v) is 6.44. The number of carbonyl (C=O) groups is 1. The van der Waals surface area contributed by atoms with Crippen LogP contribution in [0.2, 0.25) is 0 Å². The summed E-state index contributed by atoms with van der Waals surface area (Å²) >= 11 is 0. The first-order chi connectivity index (χ1) is 9.65. The fraction of sp³-hybridized carbons (Fsp3) is 0.188. The van der Waals surface area contributed by atoms with Gasteiger partial charge in [0.1, 0.15) is 5.75 Å². The SMILES string of the molecule is Cc1ccc(CNC(=O)COc2ccccc2N)cc1. The number of nitrogen functional groups attached to an aromatic ring is 1. The highest BCUT2D eigenvalue weighted by Crippen LogP contribution is 2.19. The standard InChI is InChI=1S/C16H18N2O2/c1-12-6-8-13(9-7-12)10-18-16(19)11-20-15-5-3-2-4-14(15)17/h2-9H,10-11,17H2,1H3,(H,18,19). The van der Waals surface area contributed by atoms with Crippen molar-refractivity contribution in [1.82, 2.24) is 5.32 Å². The maximum Gasteiger partial charge on any atom is 0.258 e. The van der Waals surface area contributed by atoms with Crippen LogP contribution in [0.1, 0.15) is 11.1 Å². The first-order valence-electron chi connectivity index (χ1n) is 6.44. The summed E-state index contributed by atoms with van der Waals surface area (Å²) in [5.74, 6) is 0.354. The summed E-state index contributed by atoms with van der Waals surface area (Å²) in [6, 6.07) is 15.1. The van der Waals surface area contributed by atoms with Crippen LogP contribution < -0.4 is 15.8 Å². The molecule has 0 aromatic heterocycles. The molecule has 0 heterocycles. The van der Waals surface area contributed by atoms with Crippen LogP contribution in [-0.2, 0) is 11.3 Å². The number of carbonyl (C=O) groups excluding carboxylic acids is 1. The second-order valence-electron chi connectivity index (χ2n) is 4.59. The summed E-state index contributed by atoms with van der Waals surface area (Å²) < 4.78 is 5.37. The molecule has 4 nitrogen and oxygen atoms in total. The second-order valence-corrected chi connectivity index (χ2v) is 4.59. The van der Waals surface area contributed by atoms with Gasteiger partial charge in [0.15, 0.2) is 6.61 Å². The third-order valence-electron chi connectivity index (χ3n) is 2.89. The van der Waals surface area contributed by atoms with E-state index in [9.17, 15) is 4.79 Å². The summed E-state index contributed by atoms with van der Waals surface area (Å²) in [5, 5.41) is 2.80. The molecule has 0 aliphatic heterocycles. The van der Waals surface area contributed by atoms with Crippen molar-refractivity contribution in [1.29, 1.82) is 0 Å². The lowest BCUT2D eigenvalue weighted by Crippen LogP contribution is -2.28. The topological polar surface area (TPSA) is 64.3 Å². The number of aryl methyl sites for hydroxylation is 1. The minimum Gasteiger partial charge on any atom is -0.482 e. The van der Waals surface area contributed by atoms with Crippen molar-refractivity contribution in [2.75, 3.05) is 12.3 Å². The maximum atomic E-state index is 11.7. The van der Waals surface area contributed by atoms with Crippen molar-refractivity contribution < 1.29 is 9.53 Å². The number of para-hydroxylation sites is 2. The third-order valence-corrected chi connectivity index (χ3v) is 2.89. The zero-order chi connectivity index (χ0) is 14.4. The number of nitrogens with one attached hydrogen (secondary N) is 1. The summed E-state index contributed by atoms with van der Waals surface area (Å²) in [5.41, 5.74) is 8.51. The normalized spacial score (nSPS) is 10.1. The lowest BCUT2D eigenvalue weighted by Gasteiger charge is -2.09. The van der Waals surface area contributed by atoms with Crippen molar-refractivity contribution in [2.24, 2.45) is 0 Å². The zero-order valence-electron chi connectivity index (χ0n) is 11.4. The Bertz CT molecular complexity index is 579. The first kappa shape index (κ1) is 13.9. The Kier molecular flexibility index (Phi) is 4.60. The molecule has 2 aromatic rings. The molecular formula is C16H18N2O2. The number of rotatable bonds is 5. The molecule has 0 saturated carbocycles. The van der Waals surface area contributed by atoms with Gasteiger partial charge in [0.2, 0.25) is 0 Å². The zero-order valence-corrected chi connectivity index (χ0v) is 11.4. The van der Waals surface area contributed by atoms with Crippen LogP contribution in [0.5, 0.6) is 5.75 Å². The van der Waals surface area contributed by atoms with Crippen LogP contribution in [-0.4, -0.2) is 12.5 Å². The highest BCUT2D eigenvalue weighted by Gasteiger charge is 2.04. The Balaban J connectivity index is 1.78. The van der Waals surface area contributed by atoms with E-state index < -0.39 is 0 Å². The lowest BCUT2D eigenvalue weighted by atomic mass is 10.1. The Morgan fingerprint density at radius 2 is 1.85 bits per heavy atom. The highest BCUT2D eigenvalue weighted by atomic mass is 16.5. The van der Waals surface area contributed by atoms with E-state index in [4.69, 9.17) is 10.5 Å². The smallest absolute Gasteiger partial charge is 0.258 e. The molecule has 104 valence electrons. The number of ether oxygens (including phenoxy) is 1. The largest absolute Gasteiger partial charge is 0.482 e. The fourth-order valence-corrected chi connectivity index (χ4v) is 1.71. The maximum absolute atomic E-state index is 11.7. The van der Waals surface area contributed by atoms with E-state index in [1.807, 2.05) is 43.3 Å². The summed E-state index contributed by atoms with van der Waals surface area (Å²) in [4.78, 5) is 11.7. The molecule has 0 saturated heterocycles. The van der Waals surface area contributed by atoms with E-state index in [1.54, 1.807) is 12.1 Å². The van der Waals surface area contributed by atoms with Gasteiger partial charge in [0.05, 0.1) is 5.69 Å². The van der Waals surface area contributed by atoms with Gasteiger partial charge >= 0.3 is 0 Å². The minimum absolute atomic E-state index is 0.0416. The number of hydrogen-bond acceptors (Lipinski definition) is 3. The van der Waals surface area contributed by atoms with E-state index in [-0.39, 0.29) is 12.5 Å². The average molecular weight is 270 g/mol. The summed E-state index contributed by atoms with van der Waals surface area (Å²) in [6.07, 6.45) is 0. The van der Waals surface area contributed by atoms with Crippen molar-refractivity contribution >= 4 is 11.6 Å². The molecule has 0 aliphatic rings. The molecule has 0 radical (unpaired) electrons. The highest BCUT2D eigenvalue weighted by molar-refractivity contribution is 5.77. The van der Waals surface area contributed by atoms with Crippen LogP contribution in [0.3, 0.4) is 0 Å². The molecule has 4 heteroatoms. The van der Waals surface area contributed by atoms with Gasteiger partial charge < -0.3 is 15.8 Å². The Labute approximate surface area is 118 Å². The van der Waals surface area contributed by atoms with Crippen LogP contribution in [0, 0.1) is 6.92 Å². The lowest BCUT2D eigenvalue weighted by molar-refractivity contribution is -0.123. The van der Waals surface area contributed by atoms with Gasteiger partial charge in [-0.25, -0.2) is 0 Å². The predicted octanol–water partition coefficient (Wildman–Crippen LogP) is 2.27. The molecule has 3 N–H and O–H groups in total. The molecule has 0 atom stereocenters. The van der Waals surface area contributed by atoms with Gasteiger partial charge in [-0.2, -0.15) is 0 Å². The van der Waals surface area contributed by atoms with Gasteiger partial charge in [-0.15, -0.1) is 0 Å². The summed E-state index contributed by atoms with van der Waals surface area (Å²) in [7, 11) is 0. The van der Waals surface area contributed by atoms with Crippen molar-refractivity contribution in [3.05, 3.63) is 59.7 Å². The molecule has 0 bridgehead atoms. The monoisotopic (exact) mass is 270 g/mol. The number of hydrogen-bond donors (Lipinski definition) is 2. The molecule has 2 aromatic carbocycles. The van der Waals surface area contributed by atoms with Crippen LogP contribution in [0.25, 0.3) is 0 Å². The van der Waals surface area contributed by atoms with Crippen molar-refractivity contribution in [3.8, 4) is 5.75 Å². The second kappa shape index (κ2) is 6.61. The molecule has 0 aliphatic carbocycles. The van der Waals surface area contributed by atoms with Gasteiger partial charge in [0, 0.05) is 6.54 Å². The number of nitrogens with two attached hydrogens (primary N) is 1. The minimum atomic E-state index is -0.172. The van der Waals surface area contributed by atoms with Gasteiger partial charge in [-0.05, 0) is 24.6 Å². The summed E-state index contributed by atoms with van der Waals surface area (Å²) in [6.45, 7) is 2.48. The number of anilines is 1. The molecule has 1 amide bonds. The number of benzene rings is 2. The van der Waals surface area contributed by atoms with E-state index in [0.717, 1.165) is 5.56 Å². The van der Waals surface area contributed by atoms with E-state index in [1.165, 1.54) is 5.56 Å². The van der Waals surface area contributed by atoms with Gasteiger partial charge in [-0.3, -0.25) is 4.79 Å². The van der Waals surface area contributed by atoms with Crippen LogP contribution >= 0.6 is 0 Å². The quantitative estimate of drug-likeness (QED) is 0.819. The molecule has 0 fully saturated rings. The van der Waals surface area contributed by atoms with Crippen LogP contribution in [0.4, 0.5) is 5.69 Å². The molecule has 0 spiro atoms. The predicted molar refractivity (Wildman–Crippen MR) is 79.4 cm³/mol. The van der Waals surface area contributed by atoms with Gasteiger partial charge in [-0.1, -0.05) is 42.0 Å². The average Bonchev–Trinajstić information content (AvgIpc) is 2.46. The van der Waals surface area contributed by atoms with E-state index >= 15 is 0 Å².